The van der Waals surface area contributed by atoms with Gasteiger partial charge in [0, 0.05) is 19.6 Å². The van der Waals surface area contributed by atoms with Crippen molar-refractivity contribution in [2.45, 2.75) is 11.8 Å². The van der Waals surface area contributed by atoms with Gasteiger partial charge in [0.05, 0.1) is 12.3 Å². The van der Waals surface area contributed by atoms with Crippen molar-refractivity contribution in [3.63, 3.8) is 0 Å². The first-order valence-electron chi connectivity index (χ1n) is 6.12. The molecule has 0 atom stereocenters. The van der Waals surface area contributed by atoms with E-state index < -0.39 is 10.0 Å². The van der Waals surface area contributed by atoms with Crippen molar-refractivity contribution in [3.8, 4) is 0 Å². The van der Waals surface area contributed by atoms with Gasteiger partial charge in [0.1, 0.15) is 4.90 Å². The van der Waals surface area contributed by atoms with Gasteiger partial charge in [-0.25, -0.2) is 13.1 Å². The molecule has 0 radical (unpaired) electrons. The molecule has 0 spiro atoms. The highest BCUT2D eigenvalue weighted by molar-refractivity contribution is 7.89. The van der Waals surface area contributed by atoms with Crippen LogP contribution in [0.15, 0.2) is 41.8 Å². The van der Waals surface area contributed by atoms with Gasteiger partial charge in [-0.2, -0.15) is 0 Å². The number of anilines is 1. The average Bonchev–Trinajstić information content (AvgIpc) is 2.38. The molecule has 0 aliphatic rings. The Balaban J connectivity index is 3.23. The highest BCUT2D eigenvalue weighted by Crippen LogP contribution is 2.24. The first-order chi connectivity index (χ1) is 9.06. The minimum atomic E-state index is -3.53. The number of nitrogens with zero attached hydrogens (tertiary/aromatic N) is 1. The van der Waals surface area contributed by atoms with Gasteiger partial charge >= 0.3 is 0 Å². The summed E-state index contributed by atoms with van der Waals surface area (Å²) in [4.78, 5) is 1.99. The second-order valence-electron chi connectivity index (χ2n) is 3.93. The zero-order chi connectivity index (χ0) is 14.3. The first kappa shape index (κ1) is 15.7. The van der Waals surface area contributed by atoms with Crippen LogP contribution in [0.5, 0.6) is 0 Å². The maximum atomic E-state index is 12.1. The minimum Gasteiger partial charge on any atom is -0.395 e. The fraction of sp³-hybridized carbons (Fsp3) is 0.385. The molecule has 1 rings (SSSR count). The van der Waals surface area contributed by atoms with Crippen molar-refractivity contribution in [2.75, 3.05) is 31.1 Å². The molecule has 5 nitrogen and oxygen atoms in total. The van der Waals surface area contributed by atoms with Crippen molar-refractivity contribution in [3.05, 3.63) is 36.9 Å². The predicted octanol–water partition coefficient (Wildman–Crippen LogP) is 0.969. The number of aliphatic hydroxyl groups excluding tert-OH is 1. The Morgan fingerprint density at radius 1 is 1.42 bits per heavy atom. The number of nitrogens with one attached hydrogen (secondary N) is 1. The Kier molecular flexibility index (Phi) is 6.01. The number of benzene rings is 1. The van der Waals surface area contributed by atoms with Crippen LogP contribution in [0, 0.1) is 0 Å². The molecular formula is C13H20N2O3S. The van der Waals surface area contributed by atoms with Crippen LogP contribution in [0.2, 0.25) is 0 Å². The van der Waals surface area contributed by atoms with Crippen molar-refractivity contribution < 1.29 is 13.5 Å². The van der Waals surface area contributed by atoms with Crippen molar-refractivity contribution in [1.29, 1.82) is 0 Å². The summed E-state index contributed by atoms with van der Waals surface area (Å²) in [6, 6.07) is 6.73. The standard InChI is InChI=1S/C13H20N2O3S/c1-3-9-15(10-11-16)12-7-5-6-8-13(12)19(17,18)14-4-2/h3,5-8,14,16H,1,4,9-11H2,2H3. The van der Waals surface area contributed by atoms with Gasteiger partial charge in [-0.05, 0) is 12.1 Å². The third-order valence-electron chi connectivity index (χ3n) is 2.55. The molecule has 2 N–H and O–H groups in total. The van der Waals surface area contributed by atoms with Crippen LogP contribution in [-0.2, 0) is 10.0 Å². The van der Waals surface area contributed by atoms with Crippen LogP contribution >= 0.6 is 0 Å². The molecule has 19 heavy (non-hydrogen) atoms. The Morgan fingerprint density at radius 3 is 2.68 bits per heavy atom. The molecule has 106 valence electrons. The second kappa shape index (κ2) is 7.28. The maximum absolute atomic E-state index is 12.1. The van der Waals surface area contributed by atoms with Crippen molar-refractivity contribution in [2.24, 2.45) is 0 Å². The molecule has 0 aliphatic carbocycles. The van der Waals surface area contributed by atoms with Gasteiger partial charge in [0.15, 0.2) is 0 Å². The number of rotatable bonds is 8. The smallest absolute Gasteiger partial charge is 0.242 e. The van der Waals surface area contributed by atoms with Gasteiger partial charge in [-0.1, -0.05) is 25.1 Å². The van der Waals surface area contributed by atoms with Gasteiger partial charge < -0.3 is 10.0 Å². The van der Waals surface area contributed by atoms with Gasteiger partial charge in [-0.15, -0.1) is 6.58 Å². The molecule has 0 heterocycles. The highest BCUT2D eigenvalue weighted by atomic mass is 32.2. The summed E-state index contributed by atoms with van der Waals surface area (Å²) in [6.07, 6.45) is 1.67. The van der Waals surface area contributed by atoms with Crippen LogP contribution in [0.1, 0.15) is 6.92 Å². The van der Waals surface area contributed by atoms with Gasteiger partial charge in [0.25, 0.3) is 0 Å². The summed E-state index contributed by atoms with van der Waals surface area (Å²) < 4.78 is 26.8. The van der Waals surface area contributed by atoms with E-state index in [-0.39, 0.29) is 11.5 Å². The molecule has 1 aromatic rings. The van der Waals surface area contributed by atoms with E-state index in [9.17, 15) is 8.42 Å². The van der Waals surface area contributed by atoms with Gasteiger partial charge in [-0.3, -0.25) is 0 Å². The Morgan fingerprint density at radius 2 is 2.11 bits per heavy atom. The topological polar surface area (TPSA) is 69.6 Å². The number of sulfonamides is 1. The summed E-state index contributed by atoms with van der Waals surface area (Å²) >= 11 is 0. The van der Waals surface area contributed by atoms with E-state index in [2.05, 4.69) is 11.3 Å². The monoisotopic (exact) mass is 284 g/mol. The van der Waals surface area contributed by atoms with Crippen molar-refractivity contribution >= 4 is 15.7 Å². The SMILES string of the molecule is C=CCN(CCO)c1ccccc1S(=O)(=O)NCC. The molecule has 6 heteroatoms. The van der Waals surface area contributed by atoms with E-state index in [0.717, 1.165) is 0 Å². The lowest BCUT2D eigenvalue weighted by Crippen LogP contribution is -2.30. The molecule has 0 saturated heterocycles. The van der Waals surface area contributed by atoms with E-state index in [1.165, 1.54) is 0 Å². The lowest BCUT2D eigenvalue weighted by molar-refractivity contribution is 0.303. The molecule has 0 saturated carbocycles. The largest absolute Gasteiger partial charge is 0.395 e. The molecule has 0 fully saturated rings. The van der Waals surface area contributed by atoms with E-state index in [1.54, 1.807) is 42.2 Å². The van der Waals surface area contributed by atoms with E-state index >= 15 is 0 Å². The zero-order valence-corrected chi connectivity index (χ0v) is 11.9. The van der Waals surface area contributed by atoms with Crippen LogP contribution in [0.3, 0.4) is 0 Å². The Labute approximate surface area is 114 Å². The van der Waals surface area contributed by atoms with Gasteiger partial charge in [0.2, 0.25) is 10.0 Å². The third-order valence-corrected chi connectivity index (χ3v) is 4.14. The number of aliphatic hydroxyl groups is 1. The molecule has 0 unspecified atom stereocenters. The number of hydrogen-bond donors (Lipinski definition) is 2. The highest BCUT2D eigenvalue weighted by Gasteiger charge is 2.20. The second-order valence-corrected chi connectivity index (χ2v) is 5.66. The number of hydrogen-bond acceptors (Lipinski definition) is 4. The normalized spacial score (nSPS) is 11.3. The lowest BCUT2D eigenvalue weighted by Gasteiger charge is -2.24. The molecule has 0 bridgehead atoms. The van der Waals surface area contributed by atoms with Crippen LogP contribution in [0.25, 0.3) is 0 Å². The zero-order valence-electron chi connectivity index (χ0n) is 11.0. The predicted molar refractivity (Wildman–Crippen MR) is 76.8 cm³/mol. The van der Waals surface area contributed by atoms with Crippen LogP contribution in [-0.4, -0.2) is 39.8 Å². The van der Waals surface area contributed by atoms with Crippen LogP contribution in [0.4, 0.5) is 5.69 Å². The fourth-order valence-electron chi connectivity index (χ4n) is 1.80. The van der Waals surface area contributed by atoms with E-state index in [0.29, 0.717) is 25.3 Å². The quantitative estimate of drug-likeness (QED) is 0.698. The molecule has 0 aromatic heterocycles. The first-order valence-corrected chi connectivity index (χ1v) is 7.60. The Hall–Kier alpha value is -1.37. The van der Waals surface area contributed by atoms with E-state index in [1.807, 2.05) is 0 Å². The fourth-order valence-corrected chi connectivity index (χ4v) is 3.07. The summed E-state index contributed by atoms with van der Waals surface area (Å²) in [5.74, 6) is 0. The summed E-state index contributed by atoms with van der Waals surface area (Å²) in [5.41, 5.74) is 0.567. The lowest BCUT2D eigenvalue weighted by atomic mass is 10.3. The third kappa shape index (κ3) is 4.05. The molecule has 0 amide bonds. The van der Waals surface area contributed by atoms with E-state index in [4.69, 9.17) is 5.11 Å². The maximum Gasteiger partial charge on any atom is 0.242 e. The number of para-hydroxylation sites is 1. The Bertz CT molecular complexity index is 514. The molecule has 1 aromatic carbocycles. The molecular weight excluding hydrogens is 264 g/mol. The molecule has 0 aliphatic heterocycles. The summed E-state index contributed by atoms with van der Waals surface area (Å²) in [6.45, 7) is 6.48. The summed E-state index contributed by atoms with van der Waals surface area (Å²) in [7, 11) is -3.53. The van der Waals surface area contributed by atoms with Crippen LogP contribution < -0.4 is 9.62 Å². The summed E-state index contributed by atoms with van der Waals surface area (Å²) in [5, 5.41) is 9.08. The minimum absolute atomic E-state index is 0.0522. The average molecular weight is 284 g/mol. The van der Waals surface area contributed by atoms with Crippen molar-refractivity contribution in [1.82, 2.24) is 4.72 Å².